The Balaban J connectivity index is 1.65. The van der Waals surface area contributed by atoms with E-state index in [9.17, 15) is 4.79 Å². The first kappa shape index (κ1) is 18.8. The Morgan fingerprint density at radius 3 is 2.54 bits per heavy atom. The second kappa shape index (κ2) is 7.70. The molecule has 26 heavy (non-hydrogen) atoms. The molecule has 0 unspecified atom stereocenters. The minimum absolute atomic E-state index is 0.260. The van der Waals surface area contributed by atoms with E-state index < -0.39 is 5.60 Å². The van der Waals surface area contributed by atoms with Gasteiger partial charge in [0.05, 0.1) is 0 Å². The van der Waals surface area contributed by atoms with E-state index >= 15 is 0 Å². The second-order valence-corrected chi connectivity index (χ2v) is 8.41. The van der Waals surface area contributed by atoms with Crippen LogP contribution in [-0.4, -0.2) is 23.1 Å². The minimum atomic E-state index is -0.479. The summed E-state index contributed by atoms with van der Waals surface area (Å²) in [4.78, 5) is 14.1. The summed E-state index contributed by atoms with van der Waals surface area (Å²) in [5, 5.41) is 0. The molecule has 4 nitrogen and oxygen atoms in total. The van der Waals surface area contributed by atoms with E-state index in [4.69, 9.17) is 9.47 Å². The fourth-order valence-electron chi connectivity index (χ4n) is 2.85. The lowest BCUT2D eigenvalue weighted by atomic mass is 10.00. The summed E-state index contributed by atoms with van der Waals surface area (Å²) in [7, 11) is 0. The van der Waals surface area contributed by atoms with Crippen molar-refractivity contribution in [3.63, 3.8) is 0 Å². The van der Waals surface area contributed by atoms with Crippen LogP contribution < -0.4 is 4.74 Å². The number of fused-ring (bicyclic) bond motifs is 1. The van der Waals surface area contributed by atoms with E-state index in [0.717, 1.165) is 27.8 Å². The Bertz CT molecular complexity index is 781. The van der Waals surface area contributed by atoms with Gasteiger partial charge in [-0.1, -0.05) is 34.1 Å². The van der Waals surface area contributed by atoms with Gasteiger partial charge in [0.25, 0.3) is 0 Å². The first-order valence-corrected chi connectivity index (χ1v) is 9.56. The SMILES string of the molecule is CC(C)(C)OC(=O)N1CCc2ccc(OCc3ccc(Br)cc3)cc2C1. The molecule has 2 aromatic carbocycles. The normalized spacial score (nSPS) is 13.9. The molecule has 2 aromatic rings. The average molecular weight is 418 g/mol. The van der Waals surface area contributed by atoms with Crippen LogP contribution in [0, 0.1) is 0 Å². The van der Waals surface area contributed by atoms with Gasteiger partial charge in [-0.15, -0.1) is 0 Å². The largest absolute Gasteiger partial charge is 0.489 e. The minimum Gasteiger partial charge on any atom is -0.489 e. The highest BCUT2D eigenvalue weighted by atomic mass is 79.9. The summed E-state index contributed by atoms with van der Waals surface area (Å²) in [6.07, 6.45) is 0.575. The van der Waals surface area contributed by atoms with Gasteiger partial charge in [-0.3, -0.25) is 0 Å². The predicted molar refractivity (Wildman–Crippen MR) is 105 cm³/mol. The number of hydrogen-bond donors (Lipinski definition) is 0. The third kappa shape index (κ3) is 5.01. The van der Waals surface area contributed by atoms with Gasteiger partial charge in [-0.2, -0.15) is 0 Å². The fourth-order valence-corrected chi connectivity index (χ4v) is 3.12. The molecule has 0 saturated carbocycles. The Kier molecular flexibility index (Phi) is 5.56. The number of amides is 1. The topological polar surface area (TPSA) is 38.8 Å². The second-order valence-electron chi connectivity index (χ2n) is 7.50. The number of halogens is 1. The zero-order chi connectivity index (χ0) is 18.7. The Morgan fingerprint density at radius 2 is 1.85 bits per heavy atom. The van der Waals surface area contributed by atoms with Gasteiger partial charge in [-0.05, 0) is 68.1 Å². The monoisotopic (exact) mass is 417 g/mol. The number of carbonyl (C=O) groups is 1. The standard InChI is InChI=1S/C21H24BrNO3/c1-21(2,3)26-20(24)23-11-10-16-6-9-19(12-17(16)13-23)25-14-15-4-7-18(22)8-5-15/h4-9,12H,10-11,13-14H2,1-3H3. The van der Waals surface area contributed by atoms with Crippen molar-refractivity contribution in [1.29, 1.82) is 0 Å². The molecule has 1 heterocycles. The van der Waals surface area contributed by atoms with E-state index in [1.54, 1.807) is 4.90 Å². The Labute approximate surface area is 163 Å². The third-order valence-corrected chi connectivity index (χ3v) is 4.69. The molecule has 0 aromatic heterocycles. The zero-order valence-electron chi connectivity index (χ0n) is 15.4. The van der Waals surface area contributed by atoms with Gasteiger partial charge < -0.3 is 14.4 Å². The third-order valence-electron chi connectivity index (χ3n) is 4.16. The molecule has 5 heteroatoms. The van der Waals surface area contributed by atoms with Crippen molar-refractivity contribution in [3.8, 4) is 5.75 Å². The lowest BCUT2D eigenvalue weighted by Crippen LogP contribution is -2.39. The highest BCUT2D eigenvalue weighted by Crippen LogP contribution is 2.25. The van der Waals surface area contributed by atoms with Crippen LogP contribution in [0.5, 0.6) is 5.75 Å². The van der Waals surface area contributed by atoms with Crippen LogP contribution >= 0.6 is 15.9 Å². The summed E-state index contributed by atoms with van der Waals surface area (Å²) in [5.41, 5.74) is 3.02. The fraction of sp³-hybridized carbons (Fsp3) is 0.381. The smallest absolute Gasteiger partial charge is 0.410 e. The molecule has 1 aliphatic heterocycles. The lowest BCUT2D eigenvalue weighted by Gasteiger charge is -2.31. The number of carbonyl (C=O) groups excluding carboxylic acids is 1. The quantitative estimate of drug-likeness (QED) is 0.677. The molecule has 0 bridgehead atoms. The lowest BCUT2D eigenvalue weighted by molar-refractivity contribution is 0.0223. The van der Waals surface area contributed by atoms with Crippen molar-refractivity contribution in [2.45, 2.75) is 45.9 Å². The number of nitrogens with zero attached hydrogens (tertiary/aromatic N) is 1. The van der Waals surface area contributed by atoms with Gasteiger partial charge in [0.2, 0.25) is 0 Å². The molecule has 0 spiro atoms. The maximum absolute atomic E-state index is 12.3. The van der Waals surface area contributed by atoms with Gasteiger partial charge in [0.15, 0.2) is 0 Å². The highest BCUT2D eigenvalue weighted by molar-refractivity contribution is 9.10. The van der Waals surface area contributed by atoms with Crippen LogP contribution in [0.15, 0.2) is 46.9 Å². The van der Waals surface area contributed by atoms with Gasteiger partial charge >= 0.3 is 6.09 Å². The van der Waals surface area contributed by atoms with Crippen molar-refractivity contribution in [3.05, 3.63) is 63.6 Å². The average Bonchev–Trinajstić information content (AvgIpc) is 2.59. The van der Waals surface area contributed by atoms with Crippen LogP contribution in [0.4, 0.5) is 4.79 Å². The molecule has 0 radical (unpaired) electrons. The number of ether oxygens (including phenoxy) is 2. The van der Waals surface area contributed by atoms with Crippen LogP contribution in [0.3, 0.4) is 0 Å². The molecular formula is C21H24BrNO3. The molecule has 0 atom stereocenters. The van der Waals surface area contributed by atoms with Crippen LogP contribution in [0.25, 0.3) is 0 Å². The molecule has 3 rings (SSSR count). The van der Waals surface area contributed by atoms with Crippen molar-refractivity contribution in [2.75, 3.05) is 6.54 Å². The zero-order valence-corrected chi connectivity index (χ0v) is 17.0. The molecule has 0 fully saturated rings. The number of hydrogen-bond acceptors (Lipinski definition) is 3. The van der Waals surface area contributed by atoms with Gasteiger partial charge in [0, 0.05) is 17.6 Å². The summed E-state index contributed by atoms with van der Waals surface area (Å²) in [6, 6.07) is 14.2. The number of benzene rings is 2. The molecular weight excluding hydrogens is 394 g/mol. The van der Waals surface area contributed by atoms with Crippen molar-refractivity contribution in [2.24, 2.45) is 0 Å². The summed E-state index contributed by atoms with van der Waals surface area (Å²) in [6.45, 7) is 7.41. The summed E-state index contributed by atoms with van der Waals surface area (Å²) in [5.74, 6) is 0.817. The molecule has 0 saturated heterocycles. The van der Waals surface area contributed by atoms with Crippen molar-refractivity contribution < 1.29 is 14.3 Å². The van der Waals surface area contributed by atoms with E-state index in [0.29, 0.717) is 19.7 Å². The molecule has 0 aliphatic carbocycles. The van der Waals surface area contributed by atoms with Crippen molar-refractivity contribution in [1.82, 2.24) is 4.90 Å². The maximum atomic E-state index is 12.3. The first-order chi connectivity index (χ1) is 12.3. The van der Waals surface area contributed by atoms with E-state index in [2.05, 4.69) is 22.0 Å². The summed E-state index contributed by atoms with van der Waals surface area (Å²) < 4.78 is 12.5. The molecule has 0 N–H and O–H groups in total. The number of rotatable bonds is 3. The molecule has 138 valence electrons. The first-order valence-electron chi connectivity index (χ1n) is 8.77. The highest BCUT2D eigenvalue weighted by Gasteiger charge is 2.25. The van der Waals surface area contributed by atoms with Crippen LogP contribution in [0.1, 0.15) is 37.5 Å². The molecule has 1 aliphatic rings. The van der Waals surface area contributed by atoms with Crippen molar-refractivity contribution >= 4 is 22.0 Å². The van der Waals surface area contributed by atoms with Gasteiger partial charge in [-0.25, -0.2) is 4.79 Å². The maximum Gasteiger partial charge on any atom is 0.410 e. The van der Waals surface area contributed by atoms with Crippen LogP contribution in [-0.2, 0) is 24.3 Å². The molecule has 1 amide bonds. The van der Waals surface area contributed by atoms with E-state index in [1.165, 1.54) is 5.56 Å². The van der Waals surface area contributed by atoms with Gasteiger partial charge in [0.1, 0.15) is 18.0 Å². The predicted octanol–water partition coefficient (Wildman–Crippen LogP) is 5.32. The Hall–Kier alpha value is -2.01. The van der Waals surface area contributed by atoms with E-state index in [-0.39, 0.29) is 6.09 Å². The Morgan fingerprint density at radius 1 is 1.12 bits per heavy atom. The van der Waals surface area contributed by atoms with E-state index in [1.807, 2.05) is 57.2 Å². The van der Waals surface area contributed by atoms with Crippen LogP contribution in [0.2, 0.25) is 0 Å². The summed E-state index contributed by atoms with van der Waals surface area (Å²) >= 11 is 3.43.